The van der Waals surface area contributed by atoms with Crippen molar-refractivity contribution in [3.8, 4) is 0 Å². The van der Waals surface area contributed by atoms with Gasteiger partial charge in [0.05, 0.1) is 17.4 Å². The number of esters is 1. The first-order valence-corrected chi connectivity index (χ1v) is 21.9. The second kappa shape index (κ2) is 11.3. The Labute approximate surface area is 328 Å². The number of ether oxygens (including phenoxy) is 1. The third-order valence-electron chi connectivity index (χ3n) is 15.6. The summed E-state index contributed by atoms with van der Waals surface area (Å²) in [6, 6.07) is 15.2. The van der Waals surface area contributed by atoms with Crippen LogP contribution in [0.15, 0.2) is 47.9 Å². The quantitative estimate of drug-likeness (QED) is 0.197. The third kappa shape index (κ3) is 4.89. The Morgan fingerprint density at radius 3 is 1.02 bits per heavy atom. The average Bonchev–Trinajstić information content (AvgIpc) is 3.09. The summed E-state index contributed by atoms with van der Waals surface area (Å²) in [6.07, 6.45) is 8.11. The molecule has 2 bridgehead atoms. The highest BCUT2D eigenvalue weighted by Crippen LogP contribution is 2.67. The van der Waals surface area contributed by atoms with Gasteiger partial charge in [-0.2, -0.15) is 0 Å². The van der Waals surface area contributed by atoms with Gasteiger partial charge in [0.15, 0.2) is 0 Å². The number of hydrogen-bond donors (Lipinski definition) is 0. The topological polar surface area (TPSA) is 43.4 Å². The zero-order chi connectivity index (χ0) is 39.4. The molecule has 0 spiro atoms. The van der Waals surface area contributed by atoms with Gasteiger partial charge in [-0.3, -0.25) is 4.21 Å². The van der Waals surface area contributed by atoms with Crippen molar-refractivity contribution in [1.82, 2.24) is 0 Å². The van der Waals surface area contributed by atoms with Crippen LogP contribution in [-0.4, -0.2) is 16.8 Å². The van der Waals surface area contributed by atoms with Crippen LogP contribution >= 0.6 is 0 Å². The van der Waals surface area contributed by atoms with Gasteiger partial charge in [0.1, 0.15) is 4.75 Å². The molecule has 6 aliphatic carbocycles. The van der Waals surface area contributed by atoms with E-state index in [0.717, 1.165) is 55.2 Å². The average molecular weight is 745 g/mol. The lowest BCUT2D eigenvalue weighted by atomic mass is 9.49. The molecular weight excluding hydrogens is 681 g/mol. The van der Waals surface area contributed by atoms with Crippen LogP contribution in [0.1, 0.15) is 202 Å². The van der Waals surface area contributed by atoms with E-state index in [-0.39, 0.29) is 39.1 Å². The SMILES string of the molecule is CCOC(=O)/C=C/S(=O)C12c3cc4c(cc3C(C)(c3cc5c(cc31)C(C)(C)CCC5(C)C)c1cc3c(cc12)C(C)(C)CCC3(C)C)C(C)(C)CCC4(C)C. The number of carbonyl (C=O) groups excluding carboxylic acids is 1. The summed E-state index contributed by atoms with van der Waals surface area (Å²) >= 11 is 0. The van der Waals surface area contributed by atoms with Crippen LogP contribution in [0.2, 0.25) is 0 Å². The van der Waals surface area contributed by atoms with Crippen molar-refractivity contribution >= 4 is 16.8 Å². The van der Waals surface area contributed by atoms with E-state index in [1.54, 1.807) is 5.41 Å². The molecule has 1 unspecified atom stereocenters. The second-order valence-electron chi connectivity index (χ2n) is 21.8. The minimum Gasteiger partial charge on any atom is -0.463 e. The van der Waals surface area contributed by atoms with Gasteiger partial charge in [0.2, 0.25) is 0 Å². The molecule has 4 heteroatoms. The predicted octanol–water partition coefficient (Wildman–Crippen LogP) is 11.8. The molecule has 3 aromatic carbocycles. The van der Waals surface area contributed by atoms with Crippen LogP contribution in [-0.2, 0) is 63.0 Å². The zero-order valence-corrected chi connectivity index (χ0v) is 36.5. The van der Waals surface area contributed by atoms with Crippen LogP contribution < -0.4 is 0 Å². The Kier molecular flexibility index (Phi) is 7.95. The van der Waals surface area contributed by atoms with Gasteiger partial charge in [0, 0.05) is 16.9 Å². The van der Waals surface area contributed by atoms with Crippen molar-refractivity contribution in [3.63, 3.8) is 0 Å². The standard InChI is InChI=1S/C50H64O3S/c1-15-53-42(51)16-23-54(52)50-39-27-33-30(43(2,3)17-20-46(33,8)9)24-36(39)49(14,37-25-31-34(28-40(37)50)47(10,11)21-18-44(31,4)5)38-26-32-35(29-41(38)50)48(12,13)22-19-45(32,6)7/h16,23-29H,15,17-22H2,1-14H3/b23-16+. The Morgan fingerprint density at radius 1 is 0.500 bits per heavy atom. The Hall–Kier alpha value is -2.98. The number of carbonyl (C=O) groups is 1. The molecule has 6 aliphatic rings. The molecule has 0 N–H and O–H groups in total. The first-order chi connectivity index (χ1) is 24.9. The smallest absolute Gasteiger partial charge is 0.331 e. The summed E-state index contributed by atoms with van der Waals surface area (Å²) in [6.45, 7) is 33.4. The summed E-state index contributed by atoms with van der Waals surface area (Å²) < 4.78 is 20.4. The summed E-state index contributed by atoms with van der Waals surface area (Å²) in [5.74, 6) is -0.450. The molecule has 0 amide bonds. The third-order valence-corrected chi connectivity index (χ3v) is 17.3. The van der Waals surface area contributed by atoms with Crippen molar-refractivity contribution in [2.24, 2.45) is 0 Å². The van der Waals surface area contributed by atoms with Gasteiger partial charge in [-0.1, -0.05) is 119 Å². The molecule has 0 heterocycles. The van der Waals surface area contributed by atoms with E-state index >= 15 is 4.21 Å². The zero-order valence-electron chi connectivity index (χ0n) is 35.7. The summed E-state index contributed by atoms with van der Waals surface area (Å²) in [4.78, 5) is 13.0. The number of fused-ring (bicyclic) bond motifs is 3. The van der Waals surface area contributed by atoms with E-state index in [1.807, 2.05) is 6.92 Å². The van der Waals surface area contributed by atoms with Crippen LogP contribution in [0.4, 0.5) is 0 Å². The van der Waals surface area contributed by atoms with Crippen LogP contribution in [0.3, 0.4) is 0 Å². The molecule has 0 aromatic heterocycles. The first kappa shape index (κ1) is 37.9. The van der Waals surface area contributed by atoms with Crippen LogP contribution in [0.25, 0.3) is 0 Å². The molecule has 0 aliphatic heterocycles. The van der Waals surface area contributed by atoms with E-state index in [4.69, 9.17) is 4.74 Å². The van der Waals surface area contributed by atoms with Crippen molar-refractivity contribution < 1.29 is 13.7 Å². The second-order valence-corrected chi connectivity index (χ2v) is 23.3. The van der Waals surface area contributed by atoms with Crippen molar-refractivity contribution in [2.75, 3.05) is 6.61 Å². The van der Waals surface area contributed by atoms with Gasteiger partial charge in [-0.25, -0.2) is 4.79 Å². The highest BCUT2D eigenvalue weighted by molar-refractivity contribution is 7.89. The molecule has 54 heavy (non-hydrogen) atoms. The maximum Gasteiger partial charge on any atom is 0.331 e. The number of benzene rings is 3. The Morgan fingerprint density at radius 2 is 0.759 bits per heavy atom. The molecular formula is C50H64O3S. The van der Waals surface area contributed by atoms with Gasteiger partial charge in [-0.15, -0.1) is 0 Å². The molecule has 3 nitrogen and oxygen atoms in total. The molecule has 0 saturated carbocycles. The Bertz CT molecular complexity index is 1990. The molecule has 3 aromatic rings. The maximum absolute atomic E-state index is 16.1. The monoisotopic (exact) mass is 744 g/mol. The van der Waals surface area contributed by atoms with Crippen molar-refractivity contribution in [3.05, 3.63) is 115 Å². The molecule has 0 radical (unpaired) electrons. The molecule has 0 saturated heterocycles. The van der Waals surface area contributed by atoms with E-state index in [9.17, 15) is 4.79 Å². The largest absolute Gasteiger partial charge is 0.463 e. The maximum atomic E-state index is 16.1. The number of rotatable bonds is 4. The minimum absolute atomic E-state index is 0.0124. The minimum atomic E-state index is -1.67. The highest BCUT2D eigenvalue weighted by Gasteiger charge is 2.62. The molecule has 0 fully saturated rings. The molecule has 1 atom stereocenters. The predicted molar refractivity (Wildman–Crippen MR) is 225 cm³/mol. The lowest BCUT2D eigenvalue weighted by Crippen LogP contribution is -2.53. The Balaban J connectivity index is 1.60. The summed E-state index contributed by atoms with van der Waals surface area (Å²) in [7, 11) is -1.67. The summed E-state index contributed by atoms with van der Waals surface area (Å²) in [5, 5.41) is 1.67. The van der Waals surface area contributed by atoms with Crippen molar-refractivity contribution in [2.45, 2.75) is 178 Å². The molecule has 288 valence electrons. The first-order valence-electron chi connectivity index (χ1n) is 20.7. The number of hydrogen-bond acceptors (Lipinski definition) is 3. The van der Waals surface area contributed by atoms with E-state index in [0.29, 0.717) is 0 Å². The van der Waals surface area contributed by atoms with Gasteiger partial charge in [-0.05, 0) is 152 Å². The lowest BCUT2D eigenvalue weighted by molar-refractivity contribution is -0.137. The fourth-order valence-electron chi connectivity index (χ4n) is 11.6. The highest BCUT2D eigenvalue weighted by atomic mass is 32.2. The lowest BCUT2D eigenvalue weighted by Gasteiger charge is -2.58. The normalized spacial score (nSPS) is 28.5. The van der Waals surface area contributed by atoms with Crippen molar-refractivity contribution in [1.29, 1.82) is 0 Å². The van der Waals surface area contributed by atoms with E-state index < -0.39 is 26.9 Å². The van der Waals surface area contributed by atoms with Gasteiger partial charge >= 0.3 is 5.97 Å². The van der Waals surface area contributed by atoms with E-state index in [1.165, 1.54) is 56.1 Å². The summed E-state index contributed by atoms with van der Waals surface area (Å²) in [5.41, 5.74) is 15.2. The van der Waals surface area contributed by atoms with Gasteiger partial charge in [0.25, 0.3) is 0 Å². The fourth-order valence-corrected chi connectivity index (χ4v) is 13.2. The fraction of sp³-hybridized carbons (Fsp3) is 0.580. The van der Waals surface area contributed by atoms with Gasteiger partial charge < -0.3 is 4.74 Å². The van der Waals surface area contributed by atoms with E-state index in [2.05, 4.69) is 126 Å². The van der Waals surface area contributed by atoms with Crippen LogP contribution in [0.5, 0.6) is 0 Å². The molecule has 9 rings (SSSR count). The van der Waals surface area contributed by atoms with Crippen LogP contribution in [0, 0.1) is 0 Å².